The van der Waals surface area contributed by atoms with Crippen LogP contribution in [-0.2, 0) is 35.3 Å². The van der Waals surface area contributed by atoms with Gasteiger partial charge in [-0.3, -0.25) is 19.4 Å². The van der Waals surface area contributed by atoms with E-state index in [0.717, 1.165) is 101 Å². The predicted molar refractivity (Wildman–Crippen MR) is 249 cm³/mol. The predicted octanol–water partition coefficient (Wildman–Crippen LogP) is 6.38. The topological polar surface area (TPSA) is 111 Å². The Bertz CT molecular complexity index is 2230. The second-order valence-electron chi connectivity index (χ2n) is 15.3. The van der Waals surface area contributed by atoms with Crippen molar-refractivity contribution in [1.82, 2.24) is 18.5 Å². The molecule has 312 valence electrons. The second-order valence-corrected chi connectivity index (χ2v) is 17.0. The number of likely N-dealkylation sites (N-methyl/N-ethyl adjacent to an activating group) is 2. The van der Waals surface area contributed by atoms with E-state index in [4.69, 9.17) is 8.75 Å². The van der Waals surface area contributed by atoms with Gasteiger partial charge in [-0.15, -0.1) is 24.8 Å². The minimum Gasteiger partial charge on any atom is -0.412 e. The third kappa shape index (κ3) is 9.36. The number of carbonyl (C=O) groups is 2. The van der Waals surface area contributed by atoms with Crippen LogP contribution >= 0.6 is 47.9 Å². The van der Waals surface area contributed by atoms with Crippen LogP contribution in [0.1, 0.15) is 22.3 Å². The van der Waals surface area contributed by atoms with Gasteiger partial charge in [-0.25, -0.2) is 0 Å². The number of anilines is 4. The monoisotopic (exact) mass is 874 g/mol. The average molecular weight is 876 g/mol. The van der Waals surface area contributed by atoms with Crippen LogP contribution in [0.3, 0.4) is 0 Å². The highest BCUT2D eigenvalue weighted by atomic mass is 35.5. The Labute approximate surface area is 366 Å². The third-order valence-electron chi connectivity index (χ3n) is 11.9. The quantitative estimate of drug-likeness (QED) is 0.174. The van der Waals surface area contributed by atoms with E-state index in [0.29, 0.717) is 12.8 Å². The van der Waals surface area contributed by atoms with Crippen molar-refractivity contribution in [3.63, 3.8) is 0 Å². The highest BCUT2D eigenvalue weighted by molar-refractivity contribution is 7.14. The van der Waals surface area contributed by atoms with Gasteiger partial charge in [-0.1, -0.05) is 48.5 Å². The maximum Gasteiger partial charge on any atom is 0.231 e. The van der Waals surface area contributed by atoms with Crippen molar-refractivity contribution in [3.8, 4) is 0 Å². The Morgan fingerprint density at radius 2 is 0.932 bits per heavy atom. The molecular formula is C44H52Cl2N8O3S2. The van der Waals surface area contributed by atoms with E-state index in [2.05, 4.69) is 105 Å². The van der Waals surface area contributed by atoms with Crippen LogP contribution in [-0.4, -0.2) is 115 Å². The number of halogens is 2. The minimum absolute atomic E-state index is 0. The summed E-state index contributed by atoms with van der Waals surface area (Å²) in [5.41, 5.74) is 7.13. The number of piperazine rings is 2. The van der Waals surface area contributed by atoms with Crippen molar-refractivity contribution in [2.45, 2.75) is 25.7 Å². The van der Waals surface area contributed by atoms with Crippen molar-refractivity contribution in [1.29, 1.82) is 0 Å². The summed E-state index contributed by atoms with van der Waals surface area (Å²) in [4.78, 5) is 37.2. The highest BCUT2D eigenvalue weighted by Crippen LogP contribution is 2.33. The standard InChI is InChI=1S/2C22H24N4OS.2ClH.H2O/c2*1-24-19-7-6-16(14-17(19)15-21(24)27)8-9-25-10-12-26(13-11-25)22-18-4-2-3-5-20(18)28-23-22;;;/h2*2-7,14H,8-13,15H2,1H3;2*1H;1H2. The van der Waals surface area contributed by atoms with Gasteiger partial charge in [0.2, 0.25) is 11.8 Å². The molecule has 2 amide bonds. The van der Waals surface area contributed by atoms with Crippen molar-refractivity contribution in [3.05, 3.63) is 107 Å². The van der Waals surface area contributed by atoms with Crippen LogP contribution in [0.25, 0.3) is 20.2 Å². The molecule has 2 fully saturated rings. The number of amides is 2. The first-order chi connectivity index (χ1) is 27.4. The maximum absolute atomic E-state index is 11.9. The van der Waals surface area contributed by atoms with Crippen molar-refractivity contribution < 1.29 is 15.1 Å². The van der Waals surface area contributed by atoms with Crippen LogP contribution in [0, 0.1) is 0 Å². The number of hydrogen-bond acceptors (Lipinski definition) is 10. The smallest absolute Gasteiger partial charge is 0.231 e. The zero-order valence-electron chi connectivity index (χ0n) is 33.5. The minimum atomic E-state index is 0. The Morgan fingerprint density at radius 1 is 0.542 bits per heavy atom. The number of aromatic nitrogens is 2. The summed E-state index contributed by atoms with van der Waals surface area (Å²) in [6.45, 7) is 10.5. The second kappa shape index (κ2) is 19.4. The van der Waals surface area contributed by atoms with Crippen LogP contribution in [0.15, 0.2) is 84.9 Å². The van der Waals surface area contributed by atoms with E-state index in [1.807, 2.05) is 14.1 Å². The van der Waals surface area contributed by atoms with Gasteiger partial charge in [0.25, 0.3) is 0 Å². The fourth-order valence-electron chi connectivity index (χ4n) is 8.50. The molecule has 59 heavy (non-hydrogen) atoms. The highest BCUT2D eigenvalue weighted by Gasteiger charge is 2.26. The largest absolute Gasteiger partial charge is 0.412 e. The Hall–Kier alpha value is -4.34. The summed E-state index contributed by atoms with van der Waals surface area (Å²) >= 11 is 3.19. The molecular weight excluding hydrogens is 824 g/mol. The van der Waals surface area contributed by atoms with E-state index in [-0.39, 0.29) is 42.1 Å². The lowest BCUT2D eigenvalue weighted by Gasteiger charge is -2.35. The number of nitrogens with zero attached hydrogens (tertiary/aromatic N) is 8. The maximum atomic E-state index is 11.9. The first kappa shape index (κ1) is 44.2. The van der Waals surface area contributed by atoms with Gasteiger partial charge in [-0.05, 0) is 94.6 Å². The number of carbonyl (C=O) groups excluding carboxylic acids is 2. The van der Waals surface area contributed by atoms with Gasteiger partial charge in [-0.2, -0.15) is 8.75 Å². The summed E-state index contributed by atoms with van der Waals surface area (Å²) < 4.78 is 11.9. The number of rotatable bonds is 8. The van der Waals surface area contributed by atoms with Gasteiger partial charge >= 0.3 is 0 Å². The van der Waals surface area contributed by atoms with E-state index < -0.39 is 0 Å². The summed E-state index contributed by atoms with van der Waals surface area (Å²) in [6.07, 6.45) is 3.15. The zero-order chi connectivity index (χ0) is 38.2. The molecule has 15 heteroatoms. The number of fused-ring (bicyclic) bond motifs is 4. The molecule has 4 aliphatic rings. The lowest BCUT2D eigenvalue weighted by atomic mass is 10.1. The van der Waals surface area contributed by atoms with E-state index in [1.54, 1.807) is 32.9 Å². The van der Waals surface area contributed by atoms with Crippen molar-refractivity contribution in [2.75, 3.05) is 99.1 Å². The van der Waals surface area contributed by atoms with Crippen molar-refractivity contribution in [2.24, 2.45) is 0 Å². The molecule has 6 heterocycles. The zero-order valence-corrected chi connectivity index (χ0v) is 36.8. The van der Waals surface area contributed by atoms with Crippen molar-refractivity contribution >= 4 is 103 Å². The van der Waals surface area contributed by atoms with E-state index >= 15 is 0 Å². The van der Waals surface area contributed by atoms with Gasteiger partial charge in [0.15, 0.2) is 0 Å². The molecule has 0 radical (unpaired) electrons. The molecule has 0 saturated carbocycles. The van der Waals surface area contributed by atoms with Gasteiger partial charge < -0.3 is 25.1 Å². The van der Waals surface area contributed by atoms with Crippen LogP contribution < -0.4 is 19.6 Å². The fraction of sp³-hybridized carbons (Fsp3) is 0.364. The molecule has 4 aromatic carbocycles. The first-order valence-electron chi connectivity index (χ1n) is 19.8. The molecule has 2 aromatic heterocycles. The van der Waals surface area contributed by atoms with Crippen LogP contribution in [0.5, 0.6) is 0 Å². The van der Waals surface area contributed by atoms with Crippen LogP contribution in [0.4, 0.5) is 23.0 Å². The number of hydrogen-bond donors (Lipinski definition) is 0. The lowest BCUT2D eigenvalue weighted by molar-refractivity contribution is -0.117. The molecule has 10 rings (SSSR count). The summed E-state index contributed by atoms with van der Waals surface area (Å²) in [7, 11) is 3.72. The third-order valence-corrected chi connectivity index (χ3v) is 13.6. The van der Waals surface area contributed by atoms with Gasteiger partial charge in [0.05, 0.1) is 22.2 Å². The van der Waals surface area contributed by atoms with Gasteiger partial charge in [0, 0.05) is 102 Å². The molecule has 11 nitrogen and oxygen atoms in total. The lowest BCUT2D eigenvalue weighted by Crippen LogP contribution is -2.47. The molecule has 2 N–H and O–H groups in total. The SMILES string of the molecule is CN1C(=O)Cc2cc(CCN3CCN(c4nsc5ccccc45)CC3)ccc21.CN1C(=O)Cc2cc(CCN3CCN(c4nsc5ccccc45)CC3)ccc21.Cl.Cl.O. The Balaban J connectivity index is 0.000000189. The fourth-order valence-corrected chi connectivity index (χ4v) is 10.1. The molecule has 4 aliphatic heterocycles. The molecule has 2 saturated heterocycles. The molecule has 0 unspecified atom stereocenters. The molecule has 0 bridgehead atoms. The molecule has 0 atom stereocenters. The van der Waals surface area contributed by atoms with Crippen LogP contribution in [0.2, 0.25) is 0 Å². The number of benzene rings is 4. The first-order valence-corrected chi connectivity index (χ1v) is 21.3. The van der Waals surface area contributed by atoms with Gasteiger partial charge in [0.1, 0.15) is 11.6 Å². The molecule has 6 aromatic rings. The Morgan fingerprint density at radius 3 is 1.34 bits per heavy atom. The summed E-state index contributed by atoms with van der Waals surface area (Å²) in [5, 5.41) is 2.55. The van der Waals surface area contributed by atoms with E-state index in [9.17, 15) is 9.59 Å². The summed E-state index contributed by atoms with van der Waals surface area (Å²) in [6, 6.07) is 30.0. The molecule has 0 aliphatic carbocycles. The average Bonchev–Trinajstić information content (AvgIpc) is 4.00. The normalized spacial score (nSPS) is 16.6. The summed E-state index contributed by atoms with van der Waals surface area (Å²) in [5.74, 6) is 2.68. The van der Waals surface area contributed by atoms with E-state index in [1.165, 1.54) is 42.4 Å². The molecule has 0 spiro atoms. The Kier molecular flexibility index (Phi) is 14.5.